The minimum absolute atomic E-state index is 0.463. The first-order chi connectivity index (χ1) is 12.7. The maximum absolute atomic E-state index is 5.99. The van der Waals surface area contributed by atoms with E-state index in [1.165, 1.54) is 5.56 Å². The molecule has 0 heterocycles. The summed E-state index contributed by atoms with van der Waals surface area (Å²) in [6.07, 6.45) is 1.14. The standard InChI is InChI=1S/C22H30O4/c1-5-17(2)18-9-11-21(12-10-18)25-13-14-26-22-19(15-23-3)7-6-8-20(22)16-24-4/h6-12,17H,5,13-16H2,1-4H3. The summed E-state index contributed by atoms with van der Waals surface area (Å²) in [5.74, 6) is 2.26. The highest BCUT2D eigenvalue weighted by Crippen LogP contribution is 2.26. The molecule has 0 radical (unpaired) electrons. The smallest absolute Gasteiger partial charge is 0.130 e. The van der Waals surface area contributed by atoms with Crippen LogP contribution in [0.5, 0.6) is 11.5 Å². The Balaban J connectivity index is 1.91. The molecule has 0 fully saturated rings. The molecule has 26 heavy (non-hydrogen) atoms. The van der Waals surface area contributed by atoms with E-state index in [0.29, 0.717) is 32.3 Å². The summed E-state index contributed by atoms with van der Waals surface area (Å²) < 4.78 is 22.3. The van der Waals surface area contributed by atoms with Crippen molar-refractivity contribution in [1.29, 1.82) is 0 Å². The van der Waals surface area contributed by atoms with Crippen molar-refractivity contribution in [2.75, 3.05) is 27.4 Å². The topological polar surface area (TPSA) is 36.9 Å². The monoisotopic (exact) mass is 358 g/mol. The SMILES string of the molecule is CCC(C)c1ccc(OCCOc2c(COC)cccc2COC)cc1. The normalized spacial score (nSPS) is 12.0. The van der Waals surface area contributed by atoms with E-state index in [1.807, 2.05) is 30.3 Å². The molecule has 1 unspecified atom stereocenters. The van der Waals surface area contributed by atoms with Crippen molar-refractivity contribution in [2.45, 2.75) is 39.4 Å². The molecule has 142 valence electrons. The number of hydrogen-bond donors (Lipinski definition) is 0. The quantitative estimate of drug-likeness (QED) is 0.533. The van der Waals surface area contributed by atoms with Gasteiger partial charge in [-0.1, -0.05) is 44.2 Å². The number of hydrogen-bond acceptors (Lipinski definition) is 4. The fourth-order valence-corrected chi connectivity index (χ4v) is 2.79. The first-order valence-electron chi connectivity index (χ1n) is 9.13. The maximum Gasteiger partial charge on any atom is 0.130 e. The molecule has 0 amide bonds. The van der Waals surface area contributed by atoms with Crippen LogP contribution in [-0.4, -0.2) is 27.4 Å². The van der Waals surface area contributed by atoms with Crippen molar-refractivity contribution in [1.82, 2.24) is 0 Å². The molecule has 0 aliphatic carbocycles. The summed E-state index contributed by atoms with van der Waals surface area (Å²) in [6.45, 7) is 6.39. The van der Waals surface area contributed by atoms with Gasteiger partial charge in [0.2, 0.25) is 0 Å². The highest BCUT2D eigenvalue weighted by Gasteiger charge is 2.10. The third-order valence-electron chi connectivity index (χ3n) is 4.44. The lowest BCUT2D eigenvalue weighted by atomic mass is 9.99. The van der Waals surface area contributed by atoms with E-state index in [0.717, 1.165) is 29.0 Å². The van der Waals surface area contributed by atoms with Crippen LogP contribution in [-0.2, 0) is 22.7 Å². The average Bonchev–Trinajstić information content (AvgIpc) is 2.67. The predicted octanol–water partition coefficient (Wildman–Crippen LogP) is 4.95. The lowest BCUT2D eigenvalue weighted by molar-refractivity contribution is 0.164. The van der Waals surface area contributed by atoms with Crippen LogP contribution in [0.25, 0.3) is 0 Å². The molecule has 0 spiro atoms. The Morgan fingerprint density at radius 1 is 0.808 bits per heavy atom. The van der Waals surface area contributed by atoms with Crippen molar-refractivity contribution in [2.24, 2.45) is 0 Å². The number of para-hydroxylation sites is 1. The van der Waals surface area contributed by atoms with Crippen LogP contribution in [0.3, 0.4) is 0 Å². The molecule has 4 nitrogen and oxygen atoms in total. The van der Waals surface area contributed by atoms with Crippen LogP contribution < -0.4 is 9.47 Å². The van der Waals surface area contributed by atoms with Gasteiger partial charge in [0, 0.05) is 25.3 Å². The molecule has 4 heteroatoms. The van der Waals surface area contributed by atoms with Crippen molar-refractivity contribution < 1.29 is 18.9 Å². The minimum Gasteiger partial charge on any atom is -0.490 e. The third-order valence-corrected chi connectivity index (χ3v) is 4.44. The van der Waals surface area contributed by atoms with Crippen LogP contribution in [0.2, 0.25) is 0 Å². The van der Waals surface area contributed by atoms with Gasteiger partial charge in [0.05, 0.1) is 13.2 Å². The Hall–Kier alpha value is -2.04. The van der Waals surface area contributed by atoms with Gasteiger partial charge in [-0.25, -0.2) is 0 Å². The molecule has 0 aliphatic heterocycles. The Bertz CT molecular complexity index is 627. The Morgan fingerprint density at radius 3 is 1.92 bits per heavy atom. The fraction of sp³-hybridized carbons (Fsp3) is 0.455. The van der Waals surface area contributed by atoms with Gasteiger partial charge in [0.25, 0.3) is 0 Å². The van der Waals surface area contributed by atoms with Crippen LogP contribution in [0, 0.1) is 0 Å². The van der Waals surface area contributed by atoms with E-state index in [4.69, 9.17) is 18.9 Å². The molecule has 2 rings (SSSR count). The van der Waals surface area contributed by atoms with Gasteiger partial charge >= 0.3 is 0 Å². The zero-order chi connectivity index (χ0) is 18.8. The van der Waals surface area contributed by atoms with Crippen molar-refractivity contribution >= 4 is 0 Å². The molecule has 0 aliphatic rings. The van der Waals surface area contributed by atoms with Crippen molar-refractivity contribution in [3.8, 4) is 11.5 Å². The zero-order valence-electron chi connectivity index (χ0n) is 16.3. The Kier molecular flexibility index (Phi) is 8.45. The van der Waals surface area contributed by atoms with Gasteiger partial charge < -0.3 is 18.9 Å². The molecule has 0 bridgehead atoms. The van der Waals surface area contributed by atoms with Crippen LogP contribution >= 0.6 is 0 Å². The fourth-order valence-electron chi connectivity index (χ4n) is 2.79. The van der Waals surface area contributed by atoms with E-state index < -0.39 is 0 Å². The van der Waals surface area contributed by atoms with Crippen molar-refractivity contribution in [3.63, 3.8) is 0 Å². The predicted molar refractivity (Wildman–Crippen MR) is 104 cm³/mol. The molecule has 2 aromatic rings. The van der Waals surface area contributed by atoms with Gasteiger partial charge in [-0.2, -0.15) is 0 Å². The lowest BCUT2D eigenvalue weighted by Crippen LogP contribution is -2.12. The number of ether oxygens (including phenoxy) is 4. The van der Waals surface area contributed by atoms with E-state index in [1.54, 1.807) is 14.2 Å². The molecule has 2 aromatic carbocycles. The van der Waals surface area contributed by atoms with Gasteiger partial charge in [0.1, 0.15) is 24.7 Å². The highest BCUT2D eigenvalue weighted by atomic mass is 16.5. The van der Waals surface area contributed by atoms with Crippen molar-refractivity contribution in [3.05, 3.63) is 59.2 Å². The summed E-state index contributed by atoms with van der Waals surface area (Å²) in [4.78, 5) is 0. The summed E-state index contributed by atoms with van der Waals surface area (Å²) in [6, 6.07) is 14.3. The first kappa shape index (κ1) is 20.3. The molecule has 0 saturated carbocycles. The van der Waals surface area contributed by atoms with Gasteiger partial charge in [-0.15, -0.1) is 0 Å². The Labute approximate surface area is 157 Å². The summed E-state index contributed by atoms with van der Waals surface area (Å²) >= 11 is 0. The maximum atomic E-state index is 5.99. The van der Waals surface area contributed by atoms with Gasteiger partial charge in [-0.05, 0) is 30.0 Å². The lowest BCUT2D eigenvalue weighted by Gasteiger charge is -2.16. The van der Waals surface area contributed by atoms with Gasteiger partial charge in [0.15, 0.2) is 0 Å². The number of benzene rings is 2. The molecule has 1 atom stereocenters. The summed E-state index contributed by atoms with van der Waals surface area (Å²) in [7, 11) is 3.36. The highest BCUT2D eigenvalue weighted by molar-refractivity contribution is 5.41. The van der Waals surface area contributed by atoms with E-state index >= 15 is 0 Å². The summed E-state index contributed by atoms with van der Waals surface area (Å²) in [5.41, 5.74) is 3.37. The molecular formula is C22H30O4. The zero-order valence-corrected chi connectivity index (χ0v) is 16.3. The van der Waals surface area contributed by atoms with E-state index in [2.05, 4.69) is 26.0 Å². The Morgan fingerprint density at radius 2 is 1.38 bits per heavy atom. The number of methoxy groups -OCH3 is 2. The van der Waals surface area contributed by atoms with E-state index in [9.17, 15) is 0 Å². The van der Waals surface area contributed by atoms with Crippen LogP contribution in [0.15, 0.2) is 42.5 Å². The largest absolute Gasteiger partial charge is 0.490 e. The van der Waals surface area contributed by atoms with E-state index in [-0.39, 0.29) is 0 Å². The number of rotatable bonds is 11. The second-order valence-corrected chi connectivity index (χ2v) is 6.35. The third kappa shape index (κ3) is 5.75. The summed E-state index contributed by atoms with van der Waals surface area (Å²) in [5, 5.41) is 0. The van der Waals surface area contributed by atoms with Crippen LogP contribution in [0.1, 0.15) is 42.9 Å². The molecular weight excluding hydrogens is 328 g/mol. The van der Waals surface area contributed by atoms with Gasteiger partial charge in [-0.3, -0.25) is 0 Å². The van der Waals surface area contributed by atoms with Crippen LogP contribution in [0.4, 0.5) is 0 Å². The minimum atomic E-state index is 0.463. The first-order valence-corrected chi connectivity index (χ1v) is 9.13. The molecule has 0 N–H and O–H groups in total. The average molecular weight is 358 g/mol. The second kappa shape index (κ2) is 10.8. The molecule has 0 aromatic heterocycles. The second-order valence-electron chi connectivity index (χ2n) is 6.35. The molecule has 0 saturated heterocycles.